The summed E-state index contributed by atoms with van der Waals surface area (Å²) in [6.07, 6.45) is -0.0334. The summed E-state index contributed by atoms with van der Waals surface area (Å²) in [5, 5.41) is 9.62. The lowest BCUT2D eigenvalue weighted by Crippen LogP contribution is -2.11. The van der Waals surface area contributed by atoms with Crippen molar-refractivity contribution in [2.45, 2.75) is 6.10 Å². The number of ether oxygens (including phenoxy) is 1. The largest absolute Gasteiger partial charge is 0.497 e. The van der Waals surface area contributed by atoms with Crippen LogP contribution in [0.3, 0.4) is 0 Å². The predicted octanol–water partition coefficient (Wildman–Crippen LogP) is 0.705. The van der Waals surface area contributed by atoms with E-state index in [2.05, 4.69) is 4.18 Å². The van der Waals surface area contributed by atoms with Gasteiger partial charge in [0.25, 0.3) is 10.1 Å². The minimum Gasteiger partial charge on any atom is -0.497 e. The number of aliphatic hydroxyl groups excluding tert-OH is 1. The van der Waals surface area contributed by atoms with Crippen LogP contribution in [0.5, 0.6) is 5.75 Å². The van der Waals surface area contributed by atoms with Gasteiger partial charge in [-0.05, 0) is 17.7 Å². The Morgan fingerprint density at radius 3 is 2.31 bits per heavy atom. The fourth-order valence-electron chi connectivity index (χ4n) is 1.11. The first-order chi connectivity index (χ1) is 7.42. The van der Waals surface area contributed by atoms with Crippen LogP contribution in [0.25, 0.3) is 0 Å². The van der Waals surface area contributed by atoms with Crippen LogP contribution in [0.1, 0.15) is 11.7 Å². The second-order valence-corrected chi connectivity index (χ2v) is 4.92. The molecule has 0 spiro atoms. The summed E-state index contributed by atoms with van der Waals surface area (Å²) in [7, 11) is -1.98. The summed E-state index contributed by atoms with van der Waals surface area (Å²) in [6.45, 7) is -0.287. The summed E-state index contributed by atoms with van der Waals surface area (Å²) >= 11 is 0. The van der Waals surface area contributed by atoms with Gasteiger partial charge in [0.15, 0.2) is 0 Å². The second kappa shape index (κ2) is 5.29. The van der Waals surface area contributed by atoms with Crippen molar-refractivity contribution in [1.29, 1.82) is 0 Å². The first kappa shape index (κ1) is 13.0. The third kappa shape index (κ3) is 4.18. The van der Waals surface area contributed by atoms with E-state index in [1.807, 2.05) is 0 Å². The van der Waals surface area contributed by atoms with Crippen LogP contribution in [0.15, 0.2) is 24.3 Å². The smallest absolute Gasteiger partial charge is 0.264 e. The number of methoxy groups -OCH3 is 1. The fourth-order valence-corrected chi connectivity index (χ4v) is 1.49. The number of aliphatic hydroxyl groups is 1. The van der Waals surface area contributed by atoms with Gasteiger partial charge in [0, 0.05) is 0 Å². The van der Waals surface area contributed by atoms with Gasteiger partial charge in [-0.3, -0.25) is 4.18 Å². The maximum atomic E-state index is 10.7. The van der Waals surface area contributed by atoms with E-state index in [0.29, 0.717) is 11.3 Å². The lowest BCUT2D eigenvalue weighted by atomic mass is 10.1. The van der Waals surface area contributed by atoms with Gasteiger partial charge in [-0.2, -0.15) is 8.42 Å². The van der Waals surface area contributed by atoms with Crippen LogP contribution >= 0.6 is 0 Å². The van der Waals surface area contributed by atoms with Crippen LogP contribution in [-0.2, 0) is 14.3 Å². The highest BCUT2D eigenvalue weighted by molar-refractivity contribution is 7.85. The van der Waals surface area contributed by atoms with E-state index in [9.17, 15) is 13.5 Å². The van der Waals surface area contributed by atoms with E-state index in [1.54, 1.807) is 24.3 Å². The monoisotopic (exact) mass is 246 g/mol. The average molecular weight is 246 g/mol. The highest BCUT2D eigenvalue weighted by Gasteiger charge is 2.11. The van der Waals surface area contributed by atoms with E-state index in [0.717, 1.165) is 6.26 Å². The molecular weight excluding hydrogens is 232 g/mol. The zero-order valence-corrected chi connectivity index (χ0v) is 9.90. The first-order valence-electron chi connectivity index (χ1n) is 4.59. The number of hydrogen-bond acceptors (Lipinski definition) is 5. The number of rotatable bonds is 5. The highest BCUT2D eigenvalue weighted by atomic mass is 32.2. The first-order valence-corrected chi connectivity index (χ1v) is 6.40. The summed E-state index contributed by atoms with van der Waals surface area (Å²) in [5.41, 5.74) is 0.574. The average Bonchev–Trinajstić information content (AvgIpc) is 2.25. The van der Waals surface area contributed by atoms with Crippen LogP contribution in [0.2, 0.25) is 0 Å². The van der Waals surface area contributed by atoms with Crippen molar-refractivity contribution in [1.82, 2.24) is 0 Å². The molecule has 1 N–H and O–H groups in total. The van der Waals surface area contributed by atoms with Gasteiger partial charge in [-0.25, -0.2) is 0 Å². The van der Waals surface area contributed by atoms with Gasteiger partial charge in [0.05, 0.1) is 20.0 Å². The van der Waals surface area contributed by atoms with Crippen molar-refractivity contribution >= 4 is 10.1 Å². The van der Waals surface area contributed by atoms with Gasteiger partial charge >= 0.3 is 0 Å². The Kier molecular flexibility index (Phi) is 4.28. The minimum atomic E-state index is -3.52. The van der Waals surface area contributed by atoms with Crippen LogP contribution in [0.4, 0.5) is 0 Å². The molecule has 16 heavy (non-hydrogen) atoms. The summed E-state index contributed by atoms with van der Waals surface area (Å²) in [5.74, 6) is 0.667. The number of benzene rings is 1. The lowest BCUT2D eigenvalue weighted by molar-refractivity contribution is 0.112. The Morgan fingerprint density at radius 1 is 1.31 bits per heavy atom. The number of hydrogen-bond donors (Lipinski definition) is 1. The lowest BCUT2D eigenvalue weighted by Gasteiger charge is -2.10. The molecule has 5 nitrogen and oxygen atoms in total. The van der Waals surface area contributed by atoms with E-state index in [1.165, 1.54) is 7.11 Å². The molecule has 1 aromatic rings. The Morgan fingerprint density at radius 2 is 1.88 bits per heavy atom. The Labute approximate surface area is 94.7 Å². The second-order valence-electron chi connectivity index (χ2n) is 3.28. The Bertz CT molecular complexity index is 423. The Hall–Kier alpha value is -1.11. The molecule has 90 valence electrons. The zero-order valence-electron chi connectivity index (χ0n) is 9.08. The van der Waals surface area contributed by atoms with Gasteiger partial charge in [0.2, 0.25) is 0 Å². The van der Waals surface area contributed by atoms with Crippen LogP contribution in [0, 0.1) is 0 Å². The molecule has 0 fully saturated rings. The summed E-state index contributed by atoms with van der Waals surface area (Å²) < 4.78 is 30.9. The maximum Gasteiger partial charge on any atom is 0.264 e. The molecule has 0 saturated heterocycles. The molecular formula is C10H14O5S. The molecule has 0 amide bonds. The molecule has 0 saturated carbocycles. The molecule has 1 atom stereocenters. The molecule has 0 radical (unpaired) electrons. The van der Waals surface area contributed by atoms with Crippen molar-refractivity contribution < 1.29 is 22.4 Å². The molecule has 1 aromatic carbocycles. The molecule has 0 aliphatic carbocycles. The normalized spacial score (nSPS) is 13.4. The molecule has 0 heterocycles. The summed E-state index contributed by atoms with van der Waals surface area (Å²) in [6, 6.07) is 6.66. The van der Waals surface area contributed by atoms with E-state index in [-0.39, 0.29) is 6.61 Å². The van der Waals surface area contributed by atoms with E-state index in [4.69, 9.17) is 4.74 Å². The molecule has 0 aromatic heterocycles. The van der Waals surface area contributed by atoms with Crippen LogP contribution < -0.4 is 4.74 Å². The molecule has 1 rings (SSSR count). The van der Waals surface area contributed by atoms with Crippen molar-refractivity contribution in [3.05, 3.63) is 29.8 Å². The third-order valence-electron chi connectivity index (χ3n) is 1.94. The maximum absolute atomic E-state index is 10.7. The van der Waals surface area contributed by atoms with E-state index < -0.39 is 16.2 Å². The quantitative estimate of drug-likeness (QED) is 0.774. The topological polar surface area (TPSA) is 72.8 Å². The summed E-state index contributed by atoms with van der Waals surface area (Å²) in [4.78, 5) is 0. The van der Waals surface area contributed by atoms with Gasteiger partial charge in [-0.1, -0.05) is 12.1 Å². The van der Waals surface area contributed by atoms with Crippen LogP contribution in [-0.4, -0.2) is 33.5 Å². The van der Waals surface area contributed by atoms with Crippen molar-refractivity contribution in [2.75, 3.05) is 20.0 Å². The van der Waals surface area contributed by atoms with Gasteiger partial charge < -0.3 is 9.84 Å². The highest BCUT2D eigenvalue weighted by Crippen LogP contribution is 2.18. The predicted molar refractivity (Wildman–Crippen MR) is 58.7 cm³/mol. The van der Waals surface area contributed by atoms with Crippen molar-refractivity contribution in [3.63, 3.8) is 0 Å². The molecule has 0 bridgehead atoms. The van der Waals surface area contributed by atoms with Crippen molar-refractivity contribution in [3.8, 4) is 5.75 Å². The fraction of sp³-hybridized carbons (Fsp3) is 0.400. The molecule has 0 aliphatic rings. The molecule has 0 unspecified atom stereocenters. The van der Waals surface area contributed by atoms with Gasteiger partial charge in [-0.15, -0.1) is 0 Å². The van der Waals surface area contributed by atoms with Crippen molar-refractivity contribution in [2.24, 2.45) is 0 Å². The third-order valence-corrected chi connectivity index (χ3v) is 2.50. The Balaban J connectivity index is 2.62. The SMILES string of the molecule is COc1ccc([C@H](O)COS(C)(=O)=O)cc1. The van der Waals surface area contributed by atoms with E-state index >= 15 is 0 Å². The van der Waals surface area contributed by atoms with Gasteiger partial charge in [0.1, 0.15) is 11.9 Å². The molecule has 0 aliphatic heterocycles. The standard InChI is InChI=1S/C10H14O5S/c1-14-9-5-3-8(4-6-9)10(11)7-15-16(2,12)13/h3-6,10-11H,7H2,1-2H3/t10-/m1/s1. The molecule has 6 heteroatoms. The zero-order chi connectivity index (χ0) is 12.2. The minimum absolute atomic E-state index is 0.287.